The van der Waals surface area contributed by atoms with Gasteiger partial charge < -0.3 is 4.42 Å². The maximum absolute atomic E-state index is 13.5. The SMILES string of the molecule is CC(C)(C)c1ccnc(-c2cccc3c2oc2ncc(F)cc23)c1. The number of aromatic nitrogens is 2. The Kier molecular flexibility index (Phi) is 3.17. The molecule has 24 heavy (non-hydrogen) atoms. The lowest BCUT2D eigenvalue weighted by Crippen LogP contribution is -2.11. The molecular formula is C20H17FN2O. The molecule has 0 radical (unpaired) electrons. The minimum absolute atomic E-state index is 0.0319. The first-order valence-corrected chi connectivity index (χ1v) is 7.87. The van der Waals surface area contributed by atoms with Crippen LogP contribution in [0.25, 0.3) is 33.3 Å². The van der Waals surface area contributed by atoms with Gasteiger partial charge in [0.25, 0.3) is 0 Å². The third kappa shape index (κ3) is 2.35. The van der Waals surface area contributed by atoms with Crippen LogP contribution in [0.4, 0.5) is 4.39 Å². The Morgan fingerprint density at radius 2 is 1.83 bits per heavy atom. The van der Waals surface area contributed by atoms with E-state index in [4.69, 9.17) is 4.42 Å². The molecule has 0 atom stereocenters. The summed E-state index contributed by atoms with van der Waals surface area (Å²) in [5, 5.41) is 1.52. The van der Waals surface area contributed by atoms with E-state index in [-0.39, 0.29) is 11.2 Å². The Labute approximate surface area is 139 Å². The minimum Gasteiger partial charge on any atom is -0.437 e. The Morgan fingerprint density at radius 3 is 2.62 bits per heavy atom. The van der Waals surface area contributed by atoms with Crippen LogP contribution in [0.3, 0.4) is 0 Å². The normalized spacial score (nSPS) is 12.2. The van der Waals surface area contributed by atoms with Crippen molar-refractivity contribution in [3.8, 4) is 11.3 Å². The number of hydrogen-bond donors (Lipinski definition) is 0. The van der Waals surface area contributed by atoms with Crippen molar-refractivity contribution in [2.24, 2.45) is 0 Å². The number of para-hydroxylation sites is 1. The molecule has 4 heteroatoms. The number of rotatable bonds is 1. The van der Waals surface area contributed by atoms with E-state index >= 15 is 0 Å². The summed E-state index contributed by atoms with van der Waals surface area (Å²) >= 11 is 0. The predicted octanol–water partition coefficient (Wildman–Crippen LogP) is 5.48. The molecule has 0 aliphatic heterocycles. The van der Waals surface area contributed by atoms with Gasteiger partial charge in [0.1, 0.15) is 11.4 Å². The average molecular weight is 320 g/mol. The van der Waals surface area contributed by atoms with Gasteiger partial charge in [0, 0.05) is 17.1 Å². The van der Waals surface area contributed by atoms with Gasteiger partial charge in [-0.3, -0.25) is 4.98 Å². The van der Waals surface area contributed by atoms with Crippen molar-refractivity contribution in [3.05, 3.63) is 60.2 Å². The summed E-state index contributed by atoms with van der Waals surface area (Å²) in [6, 6.07) is 11.4. The highest BCUT2D eigenvalue weighted by Crippen LogP contribution is 2.35. The summed E-state index contributed by atoms with van der Waals surface area (Å²) in [5.74, 6) is -0.372. The van der Waals surface area contributed by atoms with Crippen LogP contribution in [-0.2, 0) is 5.41 Å². The second-order valence-corrected chi connectivity index (χ2v) is 6.97. The molecule has 3 aromatic heterocycles. The molecule has 0 amide bonds. The molecule has 4 aromatic rings. The summed E-state index contributed by atoms with van der Waals surface area (Å²) in [5.41, 5.74) is 4.08. The topological polar surface area (TPSA) is 38.9 Å². The van der Waals surface area contributed by atoms with E-state index < -0.39 is 0 Å². The zero-order chi connectivity index (χ0) is 16.9. The standard InChI is InChI=1S/C20H17FN2O/c1-20(2,3)12-7-8-22-17(9-12)15-6-4-5-14-16-10-13(21)11-23-19(16)24-18(14)15/h4-11H,1-3H3. The smallest absolute Gasteiger partial charge is 0.227 e. The molecule has 0 aliphatic carbocycles. The first-order valence-electron chi connectivity index (χ1n) is 7.87. The molecule has 1 aromatic carbocycles. The fraction of sp³-hybridized carbons (Fsp3) is 0.200. The maximum Gasteiger partial charge on any atom is 0.227 e. The van der Waals surface area contributed by atoms with Crippen molar-refractivity contribution in [3.63, 3.8) is 0 Å². The molecule has 0 fully saturated rings. The molecule has 3 nitrogen and oxygen atoms in total. The molecule has 4 rings (SSSR count). The quantitative estimate of drug-likeness (QED) is 0.466. The molecule has 0 unspecified atom stereocenters. The van der Waals surface area contributed by atoms with Crippen LogP contribution in [0, 0.1) is 5.82 Å². The highest BCUT2D eigenvalue weighted by Gasteiger charge is 2.17. The van der Waals surface area contributed by atoms with E-state index in [9.17, 15) is 4.39 Å². The predicted molar refractivity (Wildman–Crippen MR) is 93.4 cm³/mol. The molecule has 120 valence electrons. The van der Waals surface area contributed by atoms with Gasteiger partial charge in [-0.1, -0.05) is 32.9 Å². The Bertz CT molecular complexity index is 1060. The molecule has 0 spiro atoms. The van der Waals surface area contributed by atoms with E-state index in [2.05, 4.69) is 36.8 Å². The number of benzene rings is 1. The summed E-state index contributed by atoms with van der Waals surface area (Å²) in [4.78, 5) is 8.55. The van der Waals surface area contributed by atoms with Gasteiger partial charge in [-0.25, -0.2) is 9.37 Å². The van der Waals surface area contributed by atoms with Gasteiger partial charge >= 0.3 is 0 Å². The van der Waals surface area contributed by atoms with Crippen LogP contribution in [0.5, 0.6) is 0 Å². The minimum atomic E-state index is -0.372. The number of pyridine rings is 2. The average Bonchev–Trinajstić information content (AvgIpc) is 2.92. The number of furan rings is 1. The van der Waals surface area contributed by atoms with Crippen molar-refractivity contribution in [1.82, 2.24) is 9.97 Å². The van der Waals surface area contributed by atoms with E-state index in [0.29, 0.717) is 16.7 Å². The lowest BCUT2D eigenvalue weighted by molar-refractivity contribution is 0.589. The largest absolute Gasteiger partial charge is 0.437 e. The highest BCUT2D eigenvalue weighted by molar-refractivity contribution is 6.08. The van der Waals surface area contributed by atoms with Crippen molar-refractivity contribution in [2.75, 3.05) is 0 Å². The van der Waals surface area contributed by atoms with Crippen molar-refractivity contribution in [1.29, 1.82) is 0 Å². The van der Waals surface area contributed by atoms with Crippen LogP contribution in [-0.4, -0.2) is 9.97 Å². The van der Waals surface area contributed by atoms with Gasteiger partial charge in [-0.2, -0.15) is 0 Å². The zero-order valence-electron chi connectivity index (χ0n) is 13.8. The lowest BCUT2D eigenvalue weighted by Gasteiger charge is -2.19. The van der Waals surface area contributed by atoms with Crippen LogP contribution in [0.2, 0.25) is 0 Å². The third-order valence-electron chi connectivity index (χ3n) is 4.22. The van der Waals surface area contributed by atoms with Crippen molar-refractivity contribution < 1.29 is 8.81 Å². The first kappa shape index (κ1) is 14.8. The van der Waals surface area contributed by atoms with Crippen molar-refractivity contribution in [2.45, 2.75) is 26.2 Å². The van der Waals surface area contributed by atoms with Gasteiger partial charge in [0.2, 0.25) is 5.71 Å². The monoisotopic (exact) mass is 320 g/mol. The summed E-state index contributed by atoms with van der Waals surface area (Å²) < 4.78 is 19.4. The molecule has 0 bridgehead atoms. The molecule has 0 saturated heterocycles. The molecule has 0 N–H and O–H groups in total. The highest BCUT2D eigenvalue weighted by atomic mass is 19.1. The van der Waals surface area contributed by atoms with Crippen LogP contribution >= 0.6 is 0 Å². The summed E-state index contributed by atoms with van der Waals surface area (Å²) in [6.07, 6.45) is 2.98. The second-order valence-electron chi connectivity index (χ2n) is 6.97. The van der Waals surface area contributed by atoms with Crippen LogP contribution in [0.15, 0.2) is 53.2 Å². The Morgan fingerprint density at radius 1 is 1.00 bits per heavy atom. The Hall–Kier alpha value is -2.75. The van der Waals surface area contributed by atoms with Gasteiger partial charge in [0.05, 0.1) is 17.3 Å². The third-order valence-corrected chi connectivity index (χ3v) is 4.22. The fourth-order valence-corrected chi connectivity index (χ4v) is 2.90. The number of fused-ring (bicyclic) bond motifs is 3. The molecule has 3 heterocycles. The second kappa shape index (κ2) is 5.13. The maximum atomic E-state index is 13.5. The van der Waals surface area contributed by atoms with Gasteiger partial charge in [-0.15, -0.1) is 0 Å². The van der Waals surface area contributed by atoms with Crippen molar-refractivity contribution >= 4 is 22.1 Å². The van der Waals surface area contributed by atoms with Gasteiger partial charge in [0.15, 0.2) is 0 Å². The Balaban J connectivity index is 1.99. The molecule has 0 aliphatic rings. The van der Waals surface area contributed by atoms with Gasteiger partial charge in [-0.05, 0) is 35.2 Å². The van der Waals surface area contributed by atoms with E-state index in [1.807, 2.05) is 30.5 Å². The molecule has 0 saturated carbocycles. The number of hydrogen-bond acceptors (Lipinski definition) is 3. The zero-order valence-corrected chi connectivity index (χ0v) is 13.8. The summed E-state index contributed by atoms with van der Waals surface area (Å²) in [7, 11) is 0. The van der Waals surface area contributed by atoms with E-state index in [1.54, 1.807) is 0 Å². The number of nitrogens with zero attached hydrogens (tertiary/aromatic N) is 2. The van der Waals surface area contributed by atoms with Crippen LogP contribution in [0.1, 0.15) is 26.3 Å². The first-order chi connectivity index (χ1) is 11.4. The molecular weight excluding hydrogens is 303 g/mol. The summed E-state index contributed by atoms with van der Waals surface area (Å²) in [6.45, 7) is 6.50. The van der Waals surface area contributed by atoms with E-state index in [0.717, 1.165) is 16.6 Å². The number of halogens is 1. The van der Waals surface area contributed by atoms with E-state index in [1.165, 1.54) is 17.8 Å². The van der Waals surface area contributed by atoms with Crippen LogP contribution < -0.4 is 0 Å². The fourth-order valence-electron chi connectivity index (χ4n) is 2.90. The lowest BCUT2D eigenvalue weighted by atomic mass is 9.87.